The number of hydrogen-bond donors (Lipinski definition) is 1. The van der Waals surface area contributed by atoms with Crippen molar-refractivity contribution in [2.24, 2.45) is 5.73 Å². The lowest BCUT2D eigenvalue weighted by Gasteiger charge is -2.00. The normalized spacial score (nSPS) is 9.83. The summed E-state index contributed by atoms with van der Waals surface area (Å²) >= 11 is 8.91. The Morgan fingerprint density at radius 2 is 2.42 bits per heavy atom. The van der Waals surface area contributed by atoms with Crippen LogP contribution in [0, 0.1) is 0 Å². The first-order valence-electron chi connectivity index (χ1n) is 3.18. The molecule has 0 fully saturated rings. The van der Waals surface area contributed by atoms with Gasteiger partial charge in [0.15, 0.2) is 0 Å². The Labute approximate surface area is 83.1 Å². The molecule has 0 aromatic carbocycles. The number of pyridine rings is 1. The lowest BCUT2D eigenvalue weighted by Crippen LogP contribution is -2.14. The third kappa shape index (κ3) is 2.46. The van der Waals surface area contributed by atoms with Crippen molar-refractivity contribution in [1.29, 1.82) is 0 Å². The second-order valence-electron chi connectivity index (χ2n) is 2.25. The molecule has 0 atom stereocenters. The Bertz CT molecular complexity index is 316. The number of aromatic nitrogens is 1. The van der Waals surface area contributed by atoms with Crippen LogP contribution in [0.1, 0.15) is 5.56 Å². The van der Waals surface area contributed by atoms with Gasteiger partial charge in [0.2, 0.25) is 5.91 Å². The highest BCUT2D eigenvalue weighted by atomic mass is 79.9. The maximum Gasteiger partial charge on any atom is 0.221 e. The van der Waals surface area contributed by atoms with E-state index in [0.717, 1.165) is 4.47 Å². The topological polar surface area (TPSA) is 56.0 Å². The molecule has 1 aromatic heterocycles. The Morgan fingerprint density at radius 3 is 3.00 bits per heavy atom. The molecule has 0 saturated carbocycles. The first-order valence-corrected chi connectivity index (χ1v) is 4.35. The predicted molar refractivity (Wildman–Crippen MR) is 49.8 cm³/mol. The van der Waals surface area contributed by atoms with Gasteiger partial charge in [-0.1, -0.05) is 11.6 Å². The average Bonchev–Trinajstić information content (AvgIpc) is 1.96. The zero-order valence-electron chi connectivity index (χ0n) is 6.05. The van der Waals surface area contributed by atoms with Crippen LogP contribution >= 0.6 is 27.5 Å². The third-order valence-electron chi connectivity index (χ3n) is 1.24. The van der Waals surface area contributed by atoms with Crippen molar-refractivity contribution in [3.8, 4) is 0 Å². The smallest absolute Gasteiger partial charge is 0.221 e. The second-order valence-corrected chi connectivity index (χ2v) is 3.52. The summed E-state index contributed by atoms with van der Waals surface area (Å²) in [5.41, 5.74) is 5.64. The first-order chi connectivity index (χ1) is 5.59. The van der Waals surface area contributed by atoms with Crippen LogP contribution in [0.5, 0.6) is 0 Å². The lowest BCUT2D eigenvalue weighted by atomic mass is 10.2. The number of primary amides is 1. The van der Waals surface area contributed by atoms with Crippen LogP contribution in [0.4, 0.5) is 0 Å². The Balaban J connectivity index is 2.97. The number of halogens is 2. The van der Waals surface area contributed by atoms with Gasteiger partial charge in [-0.3, -0.25) is 4.79 Å². The second kappa shape index (κ2) is 3.87. The largest absolute Gasteiger partial charge is 0.369 e. The van der Waals surface area contributed by atoms with Gasteiger partial charge in [0, 0.05) is 10.7 Å². The molecule has 0 bridgehead atoms. The molecular formula is C7H6BrClN2O. The molecule has 1 rings (SSSR count). The van der Waals surface area contributed by atoms with E-state index < -0.39 is 5.91 Å². The summed E-state index contributed by atoms with van der Waals surface area (Å²) in [6.07, 6.45) is 1.68. The number of amides is 1. The van der Waals surface area contributed by atoms with Crippen molar-refractivity contribution in [2.75, 3.05) is 0 Å². The molecule has 64 valence electrons. The van der Waals surface area contributed by atoms with E-state index in [1.54, 1.807) is 12.3 Å². The van der Waals surface area contributed by atoms with Crippen molar-refractivity contribution in [2.45, 2.75) is 6.42 Å². The number of nitrogens with zero attached hydrogens (tertiary/aromatic N) is 1. The van der Waals surface area contributed by atoms with Gasteiger partial charge in [0.05, 0.1) is 6.42 Å². The number of rotatable bonds is 2. The maximum absolute atomic E-state index is 10.6. The maximum atomic E-state index is 10.6. The van der Waals surface area contributed by atoms with Crippen LogP contribution in [0.2, 0.25) is 5.15 Å². The van der Waals surface area contributed by atoms with Gasteiger partial charge in [-0.2, -0.15) is 0 Å². The van der Waals surface area contributed by atoms with Crippen molar-refractivity contribution >= 4 is 33.4 Å². The molecule has 1 aromatic rings. The quantitative estimate of drug-likeness (QED) is 0.808. The minimum Gasteiger partial charge on any atom is -0.369 e. The van der Waals surface area contributed by atoms with Crippen LogP contribution in [-0.4, -0.2) is 10.9 Å². The lowest BCUT2D eigenvalue weighted by molar-refractivity contribution is -0.117. The molecular weight excluding hydrogens is 243 g/mol. The van der Waals surface area contributed by atoms with E-state index in [1.165, 1.54) is 0 Å². The molecule has 1 amide bonds. The fraction of sp³-hybridized carbons (Fsp3) is 0.143. The van der Waals surface area contributed by atoms with Crippen molar-refractivity contribution in [3.05, 3.63) is 27.5 Å². The fourth-order valence-electron chi connectivity index (χ4n) is 0.776. The van der Waals surface area contributed by atoms with E-state index in [-0.39, 0.29) is 6.42 Å². The number of carbonyl (C=O) groups is 1. The number of hydrogen-bond acceptors (Lipinski definition) is 2. The molecule has 1 heterocycles. The molecule has 12 heavy (non-hydrogen) atoms. The molecule has 0 saturated heterocycles. The number of carbonyl (C=O) groups excluding carboxylic acids is 1. The minimum atomic E-state index is -0.420. The Morgan fingerprint density at radius 1 is 1.75 bits per heavy atom. The van der Waals surface area contributed by atoms with Crippen molar-refractivity contribution in [3.63, 3.8) is 0 Å². The van der Waals surface area contributed by atoms with Crippen LogP contribution in [0.25, 0.3) is 0 Å². The van der Waals surface area contributed by atoms with E-state index in [2.05, 4.69) is 20.9 Å². The number of nitrogens with two attached hydrogens (primary N) is 1. The average molecular weight is 249 g/mol. The molecule has 2 N–H and O–H groups in total. The van der Waals surface area contributed by atoms with Crippen LogP contribution in [0.3, 0.4) is 0 Å². The molecule has 3 nitrogen and oxygen atoms in total. The summed E-state index contributed by atoms with van der Waals surface area (Å²) < 4.78 is 0.781. The first kappa shape index (κ1) is 9.48. The molecule has 0 unspecified atom stereocenters. The summed E-state index contributed by atoms with van der Waals surface area (Å²) in [7, 11) is 0. The van der Waals surface area contributed by atoms with E-state index in [9.17, 15) is 4.79 Å². The standard InChI is InChI=1S/C7H6BrClN2O/c8-5-1-4(2-6(10)12)7(9)11-3-5/h1,3H,2H2,(H2,10,12). The van der Waals surface area contributed by atoms with Gasteiger partial charge in [-0.25, -0.2) is 4.98 Å². The zero-order chi connectivity index (χ0) is 9.14. The van der Waals surface area contributed by atoms with E-state index in [4.69, 9.17) is 17.3 Å². The van der Waals surface area contributed by atoms with Gasteiger partial charge >= 0.3 is 0 Å². The summed E-state index contributed by atoms with van der Waals surface area (Å²) in [5, 5.41) is 0.317. The van der Waals surface area contributed by atoms with Gasteiger partial charge in [0.25, 0.3) is 0 Å². The highest BCUT2D eigenvalue weighted by molar-refractivity contribution is 9.10. The van der Waals surface area contributed by atoms with E-state index in [0.29, 0.717) is 10.7 Å². The molecule has 0 aliphatic rings. The van der Waals surface area contributed by atoms with E-state index in [1.807, 2.05) is 0 Å². The minimum absolute atomic E-state index is 0.116. The van der Waals surface area contributed by atoms with Gasteiger partial charge < -0.3 is 5.73 Å². The van der Waals surface area contributed by atoms with Crippen LogP contribution < -0.4 is 5.73 Å². The van der Waals surface area contributed by atoms with Crippen molar-refractivity contribution < 1.29 is 4.79 Å². The Hall–Kier alpha value is -0.610. The molecule has 5 heteroatoms. The molecule has 0 aliphatic carbocycles. The van der Waals surface area contributed by atoms with Gasteiger partial charge in [-0.05, 0) is 27.6 Å². The molecule has 0 radical (unpaired) electrons. The predicted octanol–water partition coefficient (Wildman–Crippen LogP) is 1.53. The fourth-order valence-corrected chi connectivity index (χ4v) is 1.33. The van der Waals surface area contributed by atoms with Gasteiger partial charge in [-0.15, -0.1) is 0 Å². The highest BCUT2D eigenvalue weighted by Crippen LogP contribution is 2.17. The van der Waals surface area contributed by atoms with Crippen LogP contribution in [0.15, 0.2) is 16.7 Å². The summed E-state index contributed by atoms with van der Waals surface area (Å²) in [6, 6.07) is 1.72. The highest BCUT2D eigenvalue weighted by Gasteiger charge is 2.05. The summed E-state index contributed by atoms with van der Waals surface area (Å²) in [4.78, 5) is 14.4. The summed E-state index contributed by atoms with van der Waals surface area (Å²) in [6.45, 7) is 0. The van der Waals surface area contributed by atoms with Crippen molar-refractivity contribution in [1.82, 2.24) is 4.98 Å². The van der Waals surface area contributed by atoms with Gasteiger partial charge in [0.1, 0.15) is 5.15 Å². The van der Waals surface area contributed by atoms with Crippen LogP contribution in [-0.2, 0) is 11.2 Å². The molecule has 0 aliphatic heterocycles. The monoisotopic (exact) mass is 248 g/mol. The zero-order valence-corrected chi connectivity index (χ0v) is 8.39. The molecule has 0 spiro atoms. The third-order valence-corrected chi connectivity index (χ3v) is 2.02. The SMILES string of the molecule is NC(=O)Cc1cc(Br)cnc1Cl. The Kier molecular flexibility index (Phi) is 3.05. The van der Waals surface area contributed by atoms with E-state index >= 15 is 0 Å². The summed E-state index contributed by atoms with van der Waals surface area (Å²) in [5.74, 6) is -0.420.